The van der Waals surface area contributed by atoms with Crippen LogP contribution in [0.2, 0.25) is 5.02 Å². The molecule has 27 heavy (non-hydrogen) atoms. The van der Waals surface area contributed by atoms with Crippen LogP contribution >= 0.6 is 11.6 Å². The van der Waals surface area contributed by atoms with Gasteiger partial charge in [-0.05, 0) is 23.8 Å². The third-order valence-corrected chi connectivity index (χ3v) is 5.70. The van der Waals surface area contributed by atoms with E-state index in [4.69, 9.17) is 26.1 Å². The lowest BCUT2D eigenvalue weighted by molar-refractivity contribution is 0.00824. The maximum absolute atomic E-state index is 6.09. The zero-order valence-corrected chi connectivity index (χ0v) is 15.9. The molecule has 3 aromatic rings. The monoisotopic (exact) mass is 383 g/mol. The minimum Gasteiger partial charge on any atom is -0.380 e. The average Bonchev–Trinajstić information content (AvgIpc) is 3.00. The van der Waals surface area contributed by atoms with Gasteiger partial charge in [-0.1, -0.05) is 29.8 Å². The van der Waals surface area contributed by atoms with Crippen molar-refractivity contribution < 1.29 is 9.47 Å². The zero-order chi connectivity index (χ0) is 18.2. The summed E-state index contributed by atoms with van der Waals surface area (Å²) < 4.78 is 13.2. The summed E-state index contributed by atoms with van der Waals surface area (Å²) in [6.45, 7) is 5.95. The first-order chi connectivity index (χ1) is 13.3. The van der Waals surface area contributed by atoms with Crippen molar-refractivity contribution in [2.45, 2.75) is 12.5 Å². The van der Waals surface area contributed by atoms with Crippen LogP contribution in [-0.4, -0.2) is 53.8 Å². The van der Waals surface area contributed by atoms with Gasteiger partial charge in [-0.15, -0.1) is 0 Å². The molecule has 0 bridgehead atoms. The molecule has 140 valence electrons. The van der Waals surface area contributed by atoms with Crippen LogP contribution in [-0.2, 0) is 16.0 Å². The van der Waals surface area contributed by atoms with E-state index in [1.54, 1.807) is 0 Å². The molecule has 0 N–H and O–H groups in total. The van der Waals surface area contributed by atoms with Gasteiger partial charge in [0, 0.05) is 42.3 Å². The maximum atomic E-state index is 6.09. The number of imidazole rings is 1. The second kappa shape index (κ2) is 7.24. The van der Waals surface area contributed by atoms with Crippen molar-refractivity contribution in [3.05, 3.63) is 58.9 Å². The lowest BCUT2D eigenvalue weighted by Gasteiger charge is -2.27. The van der Waals surface area contributed by atoms with Crippen LogP contribution in [0.15, 0.2) is 42.6 Å². The largest absolute Gasteiger partial charge is 0.380 e. The van der Waals surface area contributed by atoms with Crippen molar-refractivity contribution in [2.75, 3.05) is 39.5 Å². The molecule has 1 aromatic carbocycles. The molecule has 0 aliphatic carbocycles. The van der Waals surface area contributed by atoms with Gasteiger partial charge >= 0.3 is 0 Å². The van der Waals surface area contributed by atoms with Gasteiger partial charge in [-0.2, -0.15) is 0 Å². The van der Waals surface area contributed by atoms with E-state index in [0.29, 0.717) is 5.92 Å². The van der Waals surface area contributed by atoms with Crippen LogP contribution in [0, 0.1) is 0 Å². The topological polar surface area (TPSA) is 39.0 Å². The number of ether oxygens (including phenoxy) is 2. The van der Waals surface area contributed by atoms with Crippen LogP contribution in [0.25, 0.3) is 16.9 Å². The summed E-state index contributed by atoms with van der Waals surface area (Å²) in [5.41, 5.74) is 5.64. The Morgan fingerprint density at radius 2 is 1.78 bits per heavy atom. The molecular weight excluding hydrogens is 362 g/mol. The third kappa shape index (κ3) is 3.36. The first kappa shape index (κ1) is 17.2. The van der Waals surface area contributed by atoms with Crippen LogP contribution in [0.4, 0.5) is 0 Å². The molecule has 0 atom stereocenters. The van der Waals surface area contributed by atoms with Crippen molar-refractivity contribution >= 4 is 17.2 Å². The molecule has 6 heteroatoms. The summed E-state index contributed by atoms with van der Waals surface area (Å²) in [6.07, 6.45) is 2.24. The van der Waals surface area contributed by atoms with Crippen molar-refractivity contribution in [3.8, 4) is 11.3 Å². The maximum Gasteiger partial charge on any atom is 0.137 e. The second-order valence-corrected chi connectivity index (χ2v) is 7.66. The molecule has 2 aliphatic heterocycles. The predicted molar refractivity (Wildman–Crippen MR) is 105 cm³/mol. The number of rotatable bonds is 4. The SMILES string of the molecule is Clc1ccc(-c2nc3ccc(C4COC4)cn3c2CN2CCOCC2)cc1. The van der Waals surface area contributed by atoms with E-state index in [2.05, 4.69) is 27.6 Å². The summed E-state index contributed by atoms with van der Waals surface area (Å²) in [5, 5.41) is 0.740. The Bertz CT molecular complexity index is 944. The Labute approximate surface area is 163 Å². The van der Waals surface area contributed by atoms with Crippen LogP contribution in [0.1, 0.15) is 17.2 Å². The number of pyridine rings is 1. The van der Waals surface area contributed by atoms with Crippen LogP contribution in [0.5, 0.6) is 0 Å². The highest BCUT2D eigenvalue weighted by molar-refractivity contribution is 6.30. The fourth-order valence-corrected chi connectivity index (χ4v) is 3.87. The number of hydrogen-bond acceptors (Lipinski definition) is 4. The minimum atomic E-state index is 0.493. The summed E-state index contributed by atoms with van der Waals surface area (Å²) in [5.74, 6) is 0.493. The summed E-state index contributed by atoms with van der Waals surface area (Å²) >= 11 is 6.09. The van der Waals surface area contributed by atoms with Gasteiger partial charge in [-0.3, -0.25) is 4.90 Å². The molecule has 0 radical (unpaired) electrons. The first-order valence-electron chi connectivity index (χ1n) is 9.42. The van der Waals surface area contributed by atoms with Gasteiger partial charge in [-0.25, -0.2) is 4.98 Å². The number of aromatic nitrogens is 2. The molecule has 2 aliphatic rings. The standard InChI is InChI=1S/C21H22ClN3O2/c22-18-4-1-15(2-5-18)21-19(12-24-7-9-26-10-8-24)25-11-16(17-13-27-14-17)3-6-20(25)23-21/h1-6,11,17H,7-10,12-14H2. The number of nitrogens with zero attached hydrogens (tertiary/aromatic N) is 3. The zero-order valence-electron chi connectivity index (χ0n) is 15.1. The highest BCUT2D eigenvalue weighted by Gasteiger charge is 2.23. The fraction of sp³-hybridized carbons (Fsp3) is 0.381. The molecule has 0 spiro atoms. The van der Waals surface area contributed by atoms with E-state index >= 15 is 0 Å². The molecule has 5 rings (SSSR count). The van der Waals surface area contributed by atoms with Gasteiger partial charge in [0.15, 0.2) is 0 Å². The highest BCUT2D eigenvalue weighted by Crippen LogP contribution is 2.30. The predicted octanol–water partition coefficient (Wildman–Crippen LogP) is 3.60. The average molecular weight is 384 g/mol. The molecule has 0 saturated carbocycles. The summed E-state index contributed by atoms with van der Waals surface area (Å²) in [7, 11) is 0. The molecule has 2 saturated heterocycles. The van der Waals surface area contributed by atoms with Gasteiger partial charge in [0.2, 0.25) is 0 Å². The van der Waals surface area contributed by atoms with E-state index in [1.807, 2.05) is 24.3 Å². The van der Waals surface area contributed by atoms with Gasteiger partial charge in [0.1, 0.15) is 5.65 Å². The fourth-order valence-electron chi connectivity index (χ4n) is 3.74. The highest BCUT2D eigenvalue weighted by atomic mass is 35.5. The molecular formula is C21H22ClN3O2. The quantitative estimate of drug-likeness (QED) is 0.690. The molecule has 0 amide bonds. The smallest absolute Gasteiger partial charge is 0.137 e. The van der Waals surface area contributed by atoms with Gasteiger partial charge in [0.25, 0.3) is 0 Å². The van der Waals surface area contributed by atoms with Crippen molar-refractivity contribution in [1.82, 2.24) is 14.3 Å². The lowest BCUT2D eigenvalue weighted by Crippen LogP contribution is -2.36. The van der Waals surface area contributed by atoms with E-state index in [9.17, 15) is 0 Å². The Morgan fingerprint density at radius 1 is 1.00 bits per heavy atom. The normalized spacial score (nSPS) is 18.7. The van der Waals surface area contributed by atoms with E-state index in [0.717, 1.165) is 68.0 Å². The number of fused-ring (bicyclic) bond motifs is 1. The van der Waals surface area contributed by atoms with Crippen LogP contribution < -0.4 is 0 Å². The van der Waals surface area contributed by atoms with Crippen molar-refractivity contribution in [1.29, 1.82) is 0 Å². The number of halogens is 1. The minimum absolute atomic E-state index is 0.493. The van der Waals surface area contributed by atoms with Crippen LogP contribution in [0.3, 0.4) is 0 Å². The van der Waals surface area contributed by atoms with Gasteiger partial charge < -0.3 is 13.9 Å². The summed E-state index contributed by atoms with van der Waals surface area (Å²) in [4.78, 5) is 7.39. The number of morpholine rings is 1. The second-order valence-electron chi connectivity index (χ2n) is 7.23. The van der Waals surface area contributed by atoms with Crippen molar-refractivity contribution in [2.24, 2.45) is 0 Å². The molecule has 2 aromatic heterocycles. The van der Waals surface area contributed by atoms with E-state index < -0.39 is 0 Å². The Kier molecular flexibility index (Phi) is 4.61. The van der Waals surface area contributed by atoms with E-state index in [1.165, 1.54) is 11.3 Å². The Morgan fingerprint density at radius 3 is 2.48 bits per heavy atom. The lowest BCUT2D eigenvalue weighted by atomic mass is 10.00. The van der Waals surface area contributed by atoms with Gasteiger partial charge in [0.05, 0.1) is 37.8 Å². The molecule has 0 unspecified atom stereocenters. The van der Waals surface area contributed by atoms with Crippen molar-refractivity contribution in [3.63, 3.8) is 0 Å². The number of hydrogen-bond donors (Lipinski definition) is 0. The van der Waals surface area contributed by atoms with E-state index in [-0.39, 0.29) is 0 Å². The summed E-state index contributed by atoms with van der Waals surface area (Å²) in [6, 6.07) is 12.3. The molecule has 2 fully saturated rings. The third-order valence-electron chi connectivity index (χ3n) is 5.44. The Hall–Kier alpha value is -1.92. The number of benzene rings is 1. The first-order valence-corrected chi connectivity index (χ1v) is 9.80. The Balaban J connectivity index is 1.60. The molecule has 5 nitrogen and oxygen atoms in total. The molecule has 4 heterocycles.